The first-order valence-corrected chi connectivity index (χ1v) is 7.05. The van der Waals surface area contributed by atoms with Crippen molar-refractivity contribution in [3.05, 3.63) is 56.5 Å². The summed E-state index contributed by atoms with van der Waals surface area (Å²) in [5.74, 6) is 0. The number of nitro benzene ring substituents is 1. The fourth-order valence-corrected chi connectivity index (χ4v) is 2.65. The van der Waals surface area contributed by atoms with E-state index >= 15 is 0 Å². The van der Waals surface area contributed by atoms with E-state index in [0.717, 1.165) is 28.1 Å². The van der Waals surface area contributed by atoms with Gasteiger partial charge in [-0.25, -0.2) is 9.50 Å². The number of hydrogen-bond donors (Lipinski definition) is 0. The number of aryl methyl sites for hydroxylation is 2. The van der Waals surface area contributed by atoms with Crippen molar-refractivity contribution >= 4 is 22.9 Å². The number of nitrogens with zero attached hydrogens (tertiary/aromatic N) is 4. The zero-order valence-corrected chi connectivity index (χ0v) is 13.0. The molecule has 2 aromatic heterocycles. The summed E-state index contributed by atoms with van der Waals surface area (Å²) < 4.78 is 1.61. The quantitative estimate of drug-likeness (QED) is 0.408. The number of rotatable bonds is 2. The summed E-state index contributed by atoms with van der Waals surface area (Å²) in [6.45, 7) is 5.66. The van der Waals surface area contributed by atoms with Crippen LogP contribution in [-0.2, 0) is 0 Å². The molecule has 0 spiro atoms. The van der Waals surface area contributed by atoms with E-state index in [0.29, 0.717) is 10.8 Å². The topological polar surface area (TPSA) is 73.3 Å². The van der Waals surface area contributed by atoms with Gasteiger partial charge in [-0.3, -0.25) is 10.1 Å². The Morgan fingerprint density at radius 3 is 2.36 bits per heavy atom. The molecule has 1 aromatic carbocycles. The Bertz CT molecular complexity index is 900. The molecule has 112 valence electrons. The van der Waals surface area contributed by atoms with E-state index in [1.165, 1.54) is 12.1 Å². The first-order valence-electron chi connectivity index (χ1n) is 6.67. The first-order chi connectivity index (χ1) is 10.4. The van der Waals surface area contributed by atoms with Gasteiger partial charge in [0.05, 0.1) is 10.6 Å². The number of benzene rings is 1. The molecule has 0 aliphatic rings. The molecule has 0 amide bonds. The van der Waals surface area contributed by atoms with Gasteiger partial charge in [0.25, 0.3) is 5.69 Å². The van der Waals surface area contributed by atoms with Gasteiger partial charge < -0.3 is 0 Å². The fourth-order valence-electron chi connectivity index (χ4n) is 2.39. The Kier molecular flexibility index (Phi) is 3.33. The summed E-state index contributed by atoms with van der Waals surface area (Å²) >= 11 is 6.34. The van der Waals surface area contributed by atoms with Gasteiger partial charge in [0.15, 0.2) is 5.65 Å². The summed E-state index contributed by atoms with van der Waals surface area (Å²) in [5, 5.41) is 15.7. The summed E-state index contributed by atoms with van der Waals surface area (Å²) in [7, 11) is 0. The lowest BCUT2D eigenvalue weighted by atomic mass is 10.1. The maximum Gasteiger partial charge on any atom is 0.269 e. The number of halogens is 1. The highest BCUT2D eigenvalue weighted by Crippen LogP contribution is 2.31. The smallest absolute Gasteiger partial charge is 0.258 e. The Labute approximate surface area is 131 Å². The minimum Gasteiger partial charge on any atom is -0.258 e. The molecule has 0 saturated heterocycles. The van der Waals surface area contributed by atoms with Gasteiger partial charge in [0.1, 0.15) is 5.15 Å². The van der Waals surface area contributed by atoms with Crippen LogP contribution in [0, 0.1) is 30.9 Å². The predicted molar refractivity (Wildman–Crippen MR) is 84.3 cm³/mol. The molecule has 0 radical (unpaired) electrons. The van der Waals surface area contributed by atoms with Gasteiger partial charge in [-0.2, -0.15) is 5.10 Å². The van der Waals surface area contributed by atoms with E-state index < -0.39 is 4.92 Å². The third kappa shape index (κ3) is 2.12. The lowest BCUT2D eigenvalue weighted by Crippen LogP contribution is -1.99. The highest BCUT2D eigenvalue weighted by molar-refractivity contribution is 6.30. The molecule has 0 aliphatic carbocycles. The monoisotopic (exact) mass is 316 g/mol. The second-order valence-electron chi connectivity index (χ2n) is 5.11. The molecule has 0 N–H and O–H groups in total. The van der Waals surface area contributed by atoms with Gasteiger partial charge in [0, 0.05) is 29.0 Å². The van der Waals surface area contributed by atoms with Crippen LogP contribution in [0.25, 0.3) is 16.8 Å². The summed E-state index contributed by atoms with van der Waals surface area (Å²) in [4.78, 5) is 14.9. The van der Waals surface area contributed by atoms with Gasteiger partial charge in [-0.05, 0) is 38.5 Å². The summed E-state index contributed by atoms with van der Waals surface area (Å²) in [5.41, 5.74) is 4.85. The molecule has 0 aliphatic heterocycles. The number of non-ortho nitro benzene ring substituents is 1. The highest BCUT2D eigenvalue weighted by Gasteiger charge is 2.18. The molecular weight excluding hydrogens is 304 g/mol. The molecule has 0 bridgehead atoms. The normalized spacial score (nSPS) is 11.1. The lowest BCUT2D eigenvalue weighted by molar-refractivity contribution is -0.384. The van der Waals surface area contributed by atoms with Gasteiger partial charge in [0.2, 0.25) is 0 Å². The van der Waals surface area contributed by atoms with Crippen LogP contribution in [0.15, 0.2) is 24.3 Å². The highest BCUT2D eigenvalue weighted by atomic mass is 35.5. The van der Waals surface area contributed by atoms with Crippen LogP contribution in [0.4, 0.5) is 5.69 Å². The van der Waals surface area contributed by atoms with Crippen molar-refractivity contribution in [1.29, 1.82) is 0 Å². The molecule has 7 heteroatoms. The van der Waals surface area contributed by atoms with Crippen LogP contribution in [0.1, 0.15) is 17.0 Å². The summed E-state index contributed by atoms with van der Waals surface area (Å²) in [6.07, 6.45) is 0. The van der Waals surface area contributed by atoms with Crippen molar-refractivity contribution in [2.24, 2.45) is 0 Å². The van der Waals surface area contributed by atoms with Gasteiger partial charge in [-0.15, -0.1) is 0 Å². The third-order valence-corrected chi connectivity index (χ3v) is 4.16. The fraction of sp³-hybridized carbons (Fsp3) is 0.200. The number of fused-ring (bicyclic) bond motifs is 1. The van der Waals surface area contributed by atoms with E-state index in [2.05, 4.69) is 10.1 Å². The largest absolute Gasteiger partial charge is 0.269 e. The van der Waals surface area contributed by atoms with E-state index in [1.54, 1.807) is 16.6 Å². The van der Waals surface area contributed by atoms with Crippen molar-refractivity contribution in [1.82, 2.24) is 14.6 Å². The second-order valence-corrected chi connectivity index (χ2v) is 5.47. The lowest BCUT2D eigenvalue weighted by Gasteiger charge is -2.06. The van der Waals surface area contributed by atoms with Crippen molar-refractivity contribution in [2.75, 3.05) is 0 Å². The number of nitro groups is 1. The molecule has 6 nitrogen and oxygen atoms in total. The van der Waals surface area contributed by atoms with Crippen molar-refractivity contribution in [2.45, 2.75) is 20.8 Å². The van der Waals surface area contributed by atoms with Gasteiger partial charge in [-0.1, -0.05) is 11.6 Å². The van der Waals surface area contributed by atoms with E-state index in [9.17, 15) is 10.1 Å². The number of hydrogen-bond acceptors (Lipinski definition) is 4. The minimum atomic E-state index is -0.421. The molecule has 2 heterocycles. The van der Waals surface area contributed by atoms with Crippen LogP contribution < -0.4 is 0 Å². The zero-order chi connectivity index (χ0) is 16.0. The SMILES string of the molecule is Cc1nc2c(-c3ccc([N+](=O)[O-])cc3)c(C)nn2c(Cl)c1C. The zero-order valence-electron chi connectivity index (χ0n) is 12.3. The molecular formula is C15H13ClN4O2. The van der Waals surface area contributed by atoms with Crippen molar-refractivity contribution in [3.8, 4) is 11.1 Å². The van der Waals surface area contributed by atoms with Crippen molar-refractivity contribution < 1.29 is 4.92 Å². The molecule has 22 heavy (non-hydrogen) atoms. The second kappa shape index (κ2) is 5.06. The predicted octanol–water partition coefficient (Wildman–Crippen LogP) is 3.88. The molecule has 0 saturated carbocycles. The third-order valence-electron chi connectivity index (χ3n) is 3.71. The van der Waals surface area contributed by atoms with E-state index in [1.807, 2.05) is 20.8 Å². The number of aromatic nitrogens is 3. The Morgan fingerprint density at radius 1 is 1.14 bits per heavy atom. The van der Waals surface area contributed by atoms with Gasteiger partial charge >= 0.3 is 0 Å². The Morgan fingerprint density at radius 2 is 1.77 bits per heavy atom. The molecule has 3 aromatic rings. The minimum absolute atomic E-state index is 0.0518. The van der Waals surface area contributed by atoms with Crippen LogP contribution in [0.3, 0.4) is 0 Å². The van der Waals surface area contributed by atoms with E-state index in [-0.39, 0.29) is 5.69 Å². The first kappa shape index (κ1) is 14.5. The maximum atomic E-state index is 10.8. The summed E-state index contributed by atoms with van der Waals surface area (Å²) in [6, 6.07) is 6.35. The van der Waals surface area contributed by atoms with Crippen molar-refractivity contribution in [3.63, 3.8) is 0 Å². The molecule has 0 unspecified atom stereocenters. The van der Waals surface area contributed by atoms with Crippen LogP contribution in [0.2, 0.25) is 5.15 Å². The average molecular weight is 317 g/mol. The van der Waals surface area contributed by atoms with Crippen LogP contribution in [0.5, 0.6) is 0 Å². The van der Waals surface area contributed by atoms with E-state index in [4.69, 9.17) is 11.6 Å². The molecule has 3 rings (SSSR count). The average Bonchev–Trinajstić information content (AvgIpc) is 2.81. The molecule has 0 atom stereocenters. The maximum absolute atomic E-state index is 10.8. The molecule has 0 fully saturated rings. The van der Waals surface area contributed by atoms with Crippen LogP contribution >= 0.6 is 11.6 Å². The Balaban J connectivity index is 2.26. The Hall–Kier alpha value is -2.47. The standard InChI is InChI=1S/C15H13ClN4O2/c1-8-9(2)17-15-13(10(3)18-19(15)14(8)16)11-4-6-12(7-5-11)20(21)22/h4-7H,1-3H3. The van der Waals surface area contributed by atoms with Crippen LogP contribution in [-0.4, -0.2) is 19.5 Å².